The summed E-state index contributed by atoms with van der Waals surface area (Å²) in [6.07, 6.45) is 3.64. The monoisotopic (exact) mass is 195 g/mol. The smallest absolute Gasteiger partial charge is 0.246 e. The van der Waals surface area contributed by atoms with E-state index in [1.54, 1.807) is 0 Å². The van der Waals surface area contributed by atoms with Crippen LogP contribution >= 0.6 is 0 Å². The van der Waals surface area contributed by atoms with Crippen LogP contribution in [0, 0.1) is 0 Å². The zero-order valence-electron chi connectivity index (χ0n) is 7.89. The van der Waals surface area contributed by atoms with E-state index >= 15 is 0 Å². The molecule has 0 radical (unpaired) electrons. The molecule has 1 fully saturated rings. The molecule has 2 N–H and O–H groups in total. The third-order valence-electron chi connectivity index (χ3n) is 2.29. The Bertz CT molecular complexity index is 328. The number of anilines is 1. The van der Waals surface area contributed by atoms with Crippen molar-refractivity contribution in [3.63, 3.8) is 0 Å². The number of carbonyl (C=O) groups is 1. The number of nitrogens with two attached hydrogens (primary N) is 1. The molecule has 0 aromatic carbocycles. The second-order valence-corrected chi connectivity index (χ2v) is 3.39. The predicted octanol–water partition coefficient (Wildman–Crippen LogP) is -0.517. The average Bonchev–Trinajstić information content (AvgIpc) is 2.75. The van der Waals surface area contributed by atoms with Gasteiger partial charge in [-0.15, -0.1) is 5.10 Å². The molecule has 1 aromatic heterocycles. The summed E-state index contributed by atoms with van der Waals surface area (Å²) in [5, 5.41) is 7.72. The Morgan fingerprint density at radius 3 is 2.79 bits per heavy atom. The molecule has 1 amide bonds. The number of amides is 1. The highest BCUT2D eigenvalue weighted by Gasteiger charge is 2.18. The summed E-state index contributed by atoms with van der Waals surface area (Å²) in [4.78, 5) is 14.8. The zero-order chi connectivity index (χ0) is 9.97. The molecule has 1 aliphatic rings. The Labute approximate surface area is 81.7 Å². The van der Waals surface area contributed by atoms with Crippen molar-refractivity contribution in [2.24, 2.45) is 0 Å². The highest BCUT2D eigenvalue weighted by molar-refractivity contribution is 5.76. The van der Waals surface area contributed by atoms with E-state index in [0.29, 0.717) is 5.82 Å². The third-order valence-corrected chi connectivity index (χ3v) is 2.29. The van der Waals surface area contributed by atoms with Crippen LogP contribution in [0.1, 0.15) is 12.8 Å². The molecule has 6 heteroatoms. The molecule has 0 spiro atoms. The number of nitrogens with zero attached hydrogens (tertiary/aromatic N) is 4. The van der Waals surface area contributed by atoms with Gasteiger partial charge in [-0.2, -0.15) is 9.90 Å². The van der Waals surface area contributed by atoms with Gasteiger partial charge in [0.2, 0.25) is 5.91 Å². The fourth-order valence-electron chi connectivity index (χ4n) is 1.57. The van der Waals surface area contributed by atoms with Crippen LogP contribution < -0.4 is 5.73 Å². The van der Waals surface area contributed by atoms with Crippen LogP contribution in [-0.2, 0) is 11.3 Å². The lowest BCUT2D eigenvalue weighted by Crippen LogP contribution is -2.31. The number of nitrogen functional groups attached to an aromatic ring is 1. The first-order chi connectivity index (χ1) is 6.75. The van der Waals surface area contributed by atoms with Crippen molar-refractivity contribution in [3.05, 3.63) is 6.20 Å². The van der Waals surface area contributed by atoms with Gasteiger partial charge in [0.25, 0.3) is 0 Å². The lowest BCUT2D eigenvalue weighted by atomic mass is 10.4. The number of hydrogen-bond acceptors (Lipinski definition) is 4. The Hall–Kier alpha value is -1.59. The largest absolute Gasteiger partial charge is 0.381 e. The van der Waals surface area contributed by atoms with Crippen LogP contribution in [0.5, 0.6) is 0 Å². The molecule has 76 valence electrons. The van der Waals surface area contributed by atoms with E-state index in [9.17, 15) is 4.79 Å². The van der Waals surface area contributed by atoms with Crippen LogP contribution in [0.2, 0.25) is 0 Å². The molecule has 1 aromatic rings. The maximum atomic E-state index is 11.6. The fourth-order valence-corrected chi connectivity index (χ4v) is 1.57. The molecule has 0 aliphatic carbocycles. The quantitative estimate of drug-likeness (QED) is 0.689. The maximum Gasteiger partial charge on any atom is 0.246 e. The van der Waals surface area contributed by atoms with Crippen LogP contribution in [0.3, 0.4) is 0 Å². The molecular weight excluding hydrogens is 182 g/mol. The van der Waals surface area contributed by atoms with E-state index in [1.807, 2.05) is 4.90 Å². The topological polar surface area (TPSA) is 77.0 Å². The Kier molecular flexibility index (Phi) is 2.34. The zero-order valence-corrected chi connectivity index (χ0v) is 7.89. The minimum atomic E-state index is 0.0677. The van der Waals surface area contributed by atoms with Gasteiger partial charge in [0.05, 0.1) is 6.20 Å². The van der Waals surface area contributed by atoms with Crippen LogP contribution in [0.4, 0.5) is 5.82 Å². The molecule has 0 atom stereocenters. The van der Waals surface area contributed by atoms with Crippen LogP contribution in [0.15, 0.2) is 6.20 Å². The van der Waals surface area contributed by atoms with Gasteiger partial charge in [-0.05, 0) is 12.8 Å². The third kappa shape index (κ3) is 1.84. The molecule has 2 rings (SSSR count). The van der Waals surface area contributed by atoms with E-state index in [0.717, 1.165) is 25.9 Å². The summed E-state index contributed by atoms with van der Waals surface area (Å²) >= 11 is 0. The molecule has 0 unspecified atom stereocenters. The standard InChI is InChI=1S/C8H13N5O/c9-7-5-10-13(11-7)6-8(14)12-3-1-2-4-12/h5H,1-4,6H2,(H2,9,11). The Morgan fingerprint density at radius 1 is 1.50 bits per heavy atom. The van der Waals surface area contributed by atoms with Crippen molar-refractivity contribution in [1.29, 1.82) is 0 Å². The highest BCUT2D eigenvalue weighted by atomic mass is 16.2. The fraction of sp³-hybridized carbons (Fsp3) is 0.625. The number of hydrogen-bond donors (Lipinski definition) is 1. The molecular formula is C8H13N5O. The molecule has 2 heterocycles. The number of likely N-dealkylation sites (tertiary alicyclic amines) is 1. The molecule has 1 aliphatic heterocycles. The number of aromatic nitrogens is 3. The van der Waals surface area contributed by atoms with E-state index in [4.69, 9.17) is 5.73 Å². The van der Waals surface area contributed by atoms with Crippen LogP contribution in [0.25, 0.3) is 0 Å². The highest BCUT2D eigenvalue weighted by Crippen LogP contribution is 2.07. The summed E-state index contributed by atoms with van der Waals surface area (Å²) in [6.45, 7) is 1.91. The van der Waals surface area contributed by atoms with Gasteiger partial charge in [-0.3, -0.25) is 4.79 Å². The first kappa shape index (κ1) is 8.98. The van der Waals surface area contributed by atoms with Gasteiger partial charge in [-0.1, -0.05) is 0 Å². The van der Waals surface area contributed by atoms with Crippen molar-refractivity contribution >= 4 is 11.7 Å². The lowest BCUT2D eigenvalue weighted by Gasteiger charge is -2.13. The van der Waals surface area contributed by atoms with Gasteiger partial charge in [0.15, 0.2) is 5.82 Å². The lowest BCUT2D eigenvalue weighted by molar-refractivity contribution is -0.131. The molecule has 14 heavy (non-hydrogen) atoms. The van der Waals surface area contributed by atoms with Gasteiger partial charge in [0, 0.05) is 13.1 Å². The predicted molar refractivity (Wildman–Crippen MR) is 50.2 cm³/mol. The number of carbonyl (C=O) groups excluding carboxylic acids is 1. The van der Waals surface area contributed by atoms with Crippen molar-refractivity contribution in [2.75, 3.05) is 18.8 Å². The minimum Gasteiger partial charge on any atom is -0.381 e. The second-order valence-electron chi connectivity index (χ2n) is 3.39. The Morgan fingerprint density at radius 2 is 2.21 bits per heavy atom. The summed E-state index contributed by atoms with van der Waals surface area (Å²) < 4.78 is 0. The molecule has 6 nitrogen and oxygen atoms in total. The van der Waals surface area contributed by atoms with Crippen molar-refractivity contribution in [3.8, 4) is 0 Å². The van der Waals surface area contributed by atoms with Crippen molar-refractivity contribution in [2.45, 2.75) is 19.4 Å². The van der Waals surface area contributed by atoms with Crippen molar-refractivity contribution in [1.82, 2.24) is 19.9 Å². The molecule has 0 saturated carbocycles. The number of rotatable bonds is 2. The average molecular weight is 195 g/mol. The first-order valence-corrected chi connectivity index (χ1v) is 4.69. The first-order valence-electron chi connectivity index (χ1n) is 4.69. The van der Waals surface area contributed by atoms with Gasteiger partial charge in [-0.25, -0.2) is 0 Å². The summed E-state index contributed by atoms with van der Waals surface area (Å²) in [5.74, 6) is 0.414. The maximum absolute atomic E-state index is 11.6. The Balaban J connectivity index is 1.93. The van der Waals surface area contributed by atoms with E-state index in [-0.39, 0.29) is 12.5 Å². The van der Waals surface area contributed by atoms with Crippen LogP contribution in [-0.4, -0.2) is 38.9 Å². The molecule has 0 bridgehead atoms. The van der Waals surface area contributed by atoms with Crippen molar-refractivity contribution < 1.29 is 4.79 Å². The van der Waals surface area contributed by atoms with Gasteiger partial charge in [0.1, 0.15) is 6.54 Å². The van der Waals surface area contributed by atoms with E-state index in [1.165, 1.54) is 11.0 Å². The van der Waals surface area contributed by atoms with Gasteiger partial charge >= 0.3 is 0 Å². The normalized spacial score (nSPS) is 16.1. The van der Waals surface area contributed by atoms with E-state index < -0.39 is 0 Å². The summed E-state index contributed by atoms with van der Waals surface area (Å²) in [7, 11) is 0. The van der Waals surface area contributed by atoms with E-state index in [2.05, 4.69) is 10.2 Å². The second kappa shape index (κ2) is 3.65. The summed E-state index contributed by atoms with van der Waals surface area (Å²) in [6, 6.07) is 0. The minimum absolute atomic E-state index is 0.0677. The molecule has 1 saturated heterocycles. The van der Waals surface area contributed by atoms with Gasteiger partial charge < -0.3 is 10.6 Å². The summed E-state index contributed by atoms with van der Waals surface area (Å²) in [5.41, 5.74) is 5.39. The SMILES string of the molecule is Nc1cnn(CC(=O)N2CCCC2)n1.